The number of fused-ring (bicyclic) bond motifs is 1. The molecule has 0 N–H and O–H groups in total. The van der Waals surface area contributed by atoms with E-state index in [1.807, 2.05) is 12.3 Å². The van der Waals surface area contributed by atoms with E-state index in [2.05, 4.69) is 28.4 Å². The van der Waals surface area contributed by atoms with Crippen molar-refractivity contribution in [1.29, 1.82) is 0 Å². The van der Waals surface area contributed by atoms with Crippen molar-refractivity contribution in [2.24, 2.45) is 11.8 Å². The van der Waals surface area contributed by atoms with Gasteiger partial charge in [0.1, 0.15) is 11.3 Å². The summed E-state index contributed by atoms with van der Waals surface area (Å²) in [5.74, 6) is 2.95. The van der Waals surface area contributed by atoms with Crippen LogP contribution in [0.5, 0.6) is 0 Å². The van der Waals surface area contributed by atoms with Gasteiger partial charge in [0.25, 0.3) is 0 Å². The summed E-state index contributed by atoms with van der Waals surface area (Å²) in [5.41, 5.74) is 3.17. The molecule has 1 fully saturated rings. The van der Waals surface area contributed by atoms with Crippen molar-refractivity contribution in [3.63, 3.8) is 0 Å². The zero-order chi connectivity index (χ0) is 13.4. The van der Waals surface area contributed by atoms with Crippen LogP contribution < -0.4 is 0 Å². The van der Waals surface area contributed by atoms with Crippen LogP contribution in [0.3, 0.4) is 0 Å². The number of rotatable bonds is 3. The molecule has 0 aliphatic heterocycles. The summed E-state index contributed by atoms with van der Waals surface area (Å²) in [7, 11) is 0. The molecule has 3 rings (SSSR count). The number of nitrogens with zero attached hydrogens (tertiary/aromatic N) is 3. The molecule has 1 aliphatic carbocycles. The monoisotopic (exact) mass is 277 g/mol. The van der Waals surface area contributed by atoms with Gasteiger partial charge in [-0.3, -0.25) is 0 Å². The molecule has 2 unspecified atom stereocenters. The van der Waals surface area contributed by atoms with Crippen LogP contribution in [0.2, 0.25) is 0 Å². The Balaban J connectivity index is 2.03. The van der Waals surface area contributed by atoms with E-state index >= 15 is 0 Å². The zero-order valence-electron chi connectivity index (χ0n) is 11.6. The molecule has 2 aromatic rings. The number of halogens is 1. The summed E-state index contributed by atoms with van der Waals surface area (Å²) in [6.07, 6.45) is 5.88. The van der Waals surface area contributed by atoms with Gasteiger partial charge >= 0.3 is 0 Å². The molecule has 0 amide bonds. The third-order valence-corrected chi connectivity index (χ3v) is 4.73. The first kappa shape index (κ1) is 12.9. The van der Waals surface area contributed by atoms with E-state index in [-0.39, 0.29) is 0 Å². The normalized spacial score (nSPS) is 23.3. The van der Waals surface area contributed by atoms with Gasteiger partial charge in [-0.1, -0.05) is 19.8 Å². The molecule has 0 bridgehead atoms. The maximum Gasteiger partial charge on any atom is 0.160 e. The molecule has 102 valence electrons. The third-order valence-electron chi connectivity index (χ3n) is 4.49. The molecule has 3 nitrogen and oxygen atoms in total. The maximum atomic E-state index is 6.07. The van der Waals surface area contributed by atoms with Crippen LogP contribution in [-0.4, -0.2) is 14.5 Å². The summed E-state index contributed by atoms with van der Waals surface area (Å²) >= 11 is 6.07. The van der Waals surface area contributed by atoms with Crippen molar-refractivity contribution in [2.45, 2.75) is 45.5 Å². The molecule has 0 radical (unpaired) electrons. The van der Waals surface area contributed by atoms with E-state index in [4.69, 9.17) is 11.6 Å². The Labute approximate surface area is 119 Å². The first-order valence-corrected chi connectivity index (χ1v) is 7.61. The summed E-state index contributed by atoms with van der Waals surface area (Å²) in [6.45, 7) is 5.45. The van der Waals surface area contributed by atoms with Gasteiger partial charge in [-0.2, -0.15) is 0 Å². The SMILES string of the molecule is Cc1ccnc2c1nc(CCl)n2CC1CCCC1C. The molecule has 1 saturated carbocycles. The van der Waals surface area contributed by atoms with Crippen LogP contribution in [0.4, 0.5) is 0 Å². The standard InChI is InChI=1S/C15H20ClN3/c1-10-4-3-5-12(10)9-19-13(8-16)18-14-11(2)6-7-17-15(14)19/h6-7,10,12H,3-5,8-9H2,1-2H3. The van der Waals surface area contributed by atoms with Gasteiger partial charge in [0.15, 0.2) is 5.65 Å². The Morgan fingerprint density at radius 3 is 2.95 bits per heavy atom. The number of aromatic nitrogens is 3. The highest BCUT2D eigenvalue weighted by atomic mass is 35.5. The fourth-order valence-corrected chi connectivity index (χ4v) is 3.41. The molecular formula is C15H20ClN3. The lowest BCUT2D eigenvalue weighted by Crippen LogP contribution is -2.15. The Morgan fingerprint density at radius 2 is 2.26 bits per heavy atom. The van der Waals surface area contributed by atoms with Crippen LogP contribution in [0, 0.1) is 18.8 Å². The summed E-state index contributed by atoms with van der Waals surface area (Å²) < 4.78 is 2.24. The smallest absolute Gasteiger partial charge is 0.160 e. The minimum absolute atomic E-state index is 0.455. The highest BCUT2D eigenvalue weighted by molar-refractivity contribution is 6.16. The van der Waals surface area contributed by atoms with Crippen molar-refractivity contribution >= 4 is 22.8 Å². The van der Waals surface area contributed by atoms with Crippen molar-refractivity contribution in [3.8, 4) is 0 Å². The predicted octanol–water partition coefficient (Wildman–Crippen LogP) is 3.91. The second-order valence-electron chi connectivity index (χ2n) is 5.74. The van der Waals surface area contributed by atoms with Crippen LogP contribution in [-0.2, 0) is 12.4 Å². The second kappa shape index (κ2) is 5.12. The largest absolute Gasteiger partial charge is 0.311 e. The van der Waals surface area contributed by atoms with E-state index in [1.165, 1.54) is 24.8 Å². The van der Waals surface area contributed by atoms with E-state index in [0.29, 0.717) is 5.88 Å². The number of pyridine rings is 1. The van der Waals surface area contributed by atoms with Crippen LogP contribution in [0.25, 0.3) is 11.2 Å². The molecule has 0 spiro atoms. The maximum absolute atomic E-state index is 6.07. The lowest BCUT2D eigenvalue weighted by Gasteiger charge is -2.17. The summed E-state index contributed by atoms with van der Waals surface area (Å²) in [5, 5.41) is 0. The topological polar surface area (TPSA) is 30.7 Å². The number of hydrogen-bond acceptors (Lipinski definition) is 2. The first-order chi connectivity index (χ1) is 9.20. The average Bonchev–Trinajstić information content (AvgIpc) is 2.96. The number of hydrogen-bond donors (Lipinski definition) is 0. The molecular weight excluding hydrogens is 258 g/mol. The van der Waals surface area contributed by atoms with Crippen LogP contribution >= 0.6 is 11.6 Å². The predicted molar refractivity (Wildman–Crippen MR) is 78.3 cm³/mol. The summed E-state index contributed by atoms with van der Waals surface area (Å²) in [4.78, 5) is 9.19. The van der Waals surface area contributed by atoms with Gasteiger partial charge in [-0.05, 0) is 36.8 Å². The van der Waals surface area contributed by atoms with E-state index in [1.54, 1.807) is 0 Å². The molecule has 0 saturated heterocycles. The quantitative estimate of drug-likeness (QED) is 0.796. The zero-order valence-corrected chi connectivity index (χ0v) is 12.3. The molecule has 2 heterocycles. The van der Waals surface area contributed by atoms with Crippen molar-refractivity contribution in [3.05, 3.63) is 23.7 Å². The molecule has 2 aromatic heterocycles. The Kier molecular flexibility index (Phi) is 3.48. The second-order valence-corrected chi connectivity index (χ2v) is 6.01. The van der Waals surface area contributed by atoms with Crippen LogP contribution in [0.1, 0.15) is 37.6 Å². The number of alkyl halides is 1. The van der Waals surface area contributed by atoms with Crippen molar-refractivity contribution in [2.75, 3.05) is 0 Å². The van der Waals surface area contributed by atoms with Gasteiger partial charge in [0.05, 0.1) is 5.88 Å². The van der Waals surface area contributed by atoms with Crippen molar-refractivity contribution < 1.29 is 0 Å². The highest BCUT2D eigenvalue weighted by Gasteiger charge is 2.25. The lowest BCUT2D eigenvalue weighted by atomic mass is 9.98. The van der Waals surface area contributed by atoms with Gasteiger partial charge in [0, 0.05) is 12.7 Å². The minimum Gasteiger partial charge on any atom is -0.311 e. The van der Waals surface area contributed by atoms with E-state index in [9.17, 15) is 0 Å². The fraction of sp³-hybridized carbons (Fsp3) is 0.600. The van der Waals surface area contributed by atoms with E-state index in [0.717, 1.165) is 35.4 Å². The lowest BCUT2D eigenvalue weighted by molar-refractivity contribution is 0.364. The summed E-state index contributed by atoms with van der Waals surface area (Å²) in [6, 6.07) is 2.01. The van der Waals surface area contributed by atoms with Gasteiger partial charge in [0.2, 0.25) is 0 Å². The van der Waals surface area contributed by atoms with Gasteiger partial charge < -0.3 is 4.57 Å². The number of aryl methyl sites for hydroxylation is 1. The average molecular weight is 278 g/mol. The molecule has 4 heteroatoms. The highest BCUT2D eigenvalue weighted by Crippen LogP contribution is 2.33. The van der Waals surface area contributed by atoms with E-state index < -0.39 is 0 Å². The first-order valence-electron chi connectivity index (χ1n) is 7.07. The number of imidazole rings is 1. The Morgan fingerprint density at radius 1 is 1.42 bits per heavy atom. The van der Waals surface area contributed by atoms with Gasteiger partial charge in [-0.15, -0.1) is 11.6 Å². The minimum atomic E-state index is 0.455. The molecule has 0 aromatic carbocycles. The Hall–Kier alpha value is -1.09. The molecule has 19 heavy (non-hydrogen) atoms. The third kappa shape index (κ3) is 2.25. The van der Waals surface area contributed by atoms with Gasteiger partial charge in [-0.25, -0.2) is 9.97 Å². The van der Waals surface area contributed by atoms with Crippen molar-refractivity contribution in [1.82, 2.24) is 14.5 Å². The molecule has 2 atom stereocenters. The van der Waals surface area contributed by atoms with Crippen LogP contribution in [0.15, 0.2) is 12.3 Å². The molecule has 1 aliphatic rings. The fourth-order valence-electron chi connectivity index (χ4n) is 3.21. The Bertz CT molecular complexity index is 590.